The largest absolute Gasteiger partial charge is 0.322 e. The molecule has 0 radical (unpaired) electrons. The lowest BCUT2D eigenvalue weighted by molar-refractivity contribution is 0.101. The number of hydrogen-bond donors (Lipinski definition) is 1. The molecule has 0 aliphatic heterocycles. The average molecular weight is 308 g/mol. The van der Waals surface area contributed by atoms with Crippen LogP contribution in [0.5, 0.6) is 0 Å². The highest BCUT2D eigenvalue weighted by Crippen LogP contribution is 2.22. The van der Waals surface area contributed by atoms with E-state index in [9.17, 15) is 9.59 Å². The zero-order chi connectivity index (χ0) is 14.7. The molecule has 0 spiro atoms. The lowest BCUT2D eigenvalue weighted by atomic mass is 10.1. The van der Waals surface area contributed by atoms with Gasteiger partial charge >= 0.3 is 0 Å². The number of ketones is 1. The van der Waals surface area contributed by atoms with Crippen LogP contribution in [-0.2, 0) is 0 Å². The van der Waals surface area contributed by atoms with E-state index in [1.807, 2.05) is 0 Å². The Hall–Kier alpha value is -1.84. The Balaban J connectivity index is 2.25. The van der Waals surface area contributed by atoms with Crippen LogP contribution < -0.4 is 5.32 Å². The van der Waals surface area contributed by atoms with Crippen molar-refractivity contribution in [2.45, 2.75) is 6.92 Å². The maximum Gasteiger partial charge on any atom is 0.257 e. The van der Waals surface area contributed by atoms with Crippen molar-refractivity contribution in [3.63, 3.8) is 0 Å². The maximum absolute atomic E-state index is 12.1. The highest BCUT2D eigenvalue weighted by atomic mass is 35.5. The van der Waals surface area contributed by atoms with Gasteiger partial charge in [-0.2, -0.15) is 0 Å². The molecular formula is C15H11Cl2NO2. The van der Waals surface area contributed by atoms with Gasteiger partial charge in [-0.1, -0.05) is 35.3 Å². The predicted molar refractivity (Wildman–Crippen MR) is 80.9 cm³/mol. The van der Waals surface area contributed by atoms with Gasteiger partial charge in [0.05, 0.1) is 10.6 Å². The Morgan fingerprint density at radius 2 is 1.80 bits per heavy atom. The fourth-order valence-corrected chi connectivity index (χ4v) is 2.06. The minimum Gasteiger partial charge on any atom is -0.322 e. The molecule has 20 heavy (non-hydrogen) atoms. The SMILES string of the molecule is CC(=O)c1cccc(NC(=O)c2cc(Cl)ccc2Cl)c1. The number of rotatable bonds is 3. The quantitative estimate of drug-likeness (QED) is 0.852. The number of Topliss-reactive ketones (excluding diaryl/α,β-unsaturated/α-hetero) is 1. The van der Waals surface area contributed by atoms with Gasteiger partial charge in [-0.25, -0.2) is 0 Å². The van der Waals surface area contributed by atoms with Crippen molar-refractivity contribution in [1.29, 1.82) is 0 Å². The summed E-state index contributed by atoms with van der Waals surface area (Å²) in [4.78, 5) is 23.4. The van der Waals surface area contributed by atoms with Crippen molar-refractivity contribution in [3.8, 4) is 0 Å². The van der Waals surface area contributed by atoms with E-state index in [0.29, 0.717) is 21.3 Å². The van der Waals surface area contributed by atoms with Gasteiger partial charge in [0, 0.05) is 16.3 Å². The smallest absolute Gasteiger partial charge is 0.257 e. The van der Waals surface area contributed by atoms with Gasteiger partial charge in [-0.05, 0) is 37.3 Å². The van der Waals surface area contributed by atoms with Crippen molar-refractivity contribution in [2.24, 2.45) is 0 Å². The summed E-state index contributed by atoms with van der Waals surface area (Å²) in [6.45, 7) is 1.47. The van der Waals surface area contributed by atoms with Crippen LogP contribution in [0.15, 0.2) is 42.5 Å². The fourth-order valence-electron chi connectivity index (χ4n) is 1.69. The van der Waals surface area contributed by atoms with Gasteiger partial charge in [0.25, 0.3) is 5.91 Å². The van der Waals surface area contributed by atoms with Gasteiger partial charge in [-0.3, -0.25) is 9.59 Å². The molecule has 0 unspecified atom stereocenters. The summed E-state index contributed by atoms with van der Waals surface area (Å²) >= 11 is 11.8. The molecule has 1 amide bonds. The maximum atomic E-state index is 12.1. The number of amides is 1. The number of nitrogens with one attached hydrogen (secondary N) is 1. The van der Waals surface area contributed by atoms with Crippen LogP contribution in [0.2, 0.25) is 10.0 Å². The lowest BCUT2D eigenvalue weighted by Crippen LogP contribution is -2.12. The number of halogens is 2. The predicted octanol–water partition coefficient (Wildman–Crippen LogP) is 4.45. The topological polar surface area (TPSA) is 46.2 Å². The summed E-state index contributed by atoms with van der Waals surface area (Å²) in [5.41, 5.74) is 1.34. The van der Waals surface area contributed by atoms with E-state index in [0.717, 1.165) is 0 Å². The Bertz CT molecular complexity index is 683. The second-order valence-electron chi connectivity index (χ2n) is 4.22. The van der Waals surface area contributed by atoms with Gasteiger partial charge in [0.1, 0.15) is 0 Å². The second kappa shape index (κ2) is 6.07. The first kappa shape index (κ1) is 14.6. The number of carbonyl (C=O) groups is 2. The molecule has 0 atom stereocenters. The van der Waals surface area contributed by atoms with E-state index in [2.05, 4.69) is 5.32 Å². The van der Waals surface area contributed by atoms with Crippen molar-refractivity contribution >= 4 is 40.6 Å². The molecule has 0 heterocycles. The molecule has 0 fully saturated rings. The van der Waals surface area contributed by atoms with Crippen LogP contribution >= 0.6 is 23.2 Å². The zero-order valence-electron chi connectivity index (χ0n) is 10.6. The van der Waals surface area contributed by atoms with E-state index in [1.54, 1.807) is 36.4 Å². The van der Waals surface area contributed by atoms with Crippen LogP contribution in [0, 0.1) is 0 Å². The molecule has 2 rings (SSSR count). The third kappa shape index (κ3) is 3.38. The minimum atomic E-state index is -0.377. The molecule has 2 aromatic rings. The highest BCUT2D eigenvalue weighted by molar-refractivity contribution is 6.36. The first-order chi connectivity index (χ1) is 9.47. The van der Waals surface area contributed by atoms with E-state index in [1.165, 1.54) is 13.0 Å². The summed E-state index contributed by atoms with van der Waals surface area (Å²) in [6.07, 6.45) is 0. The molecule has 0 aromatic heterocycles. The fraction of sp³-hybridized carbons (Fsp3) is 0.0667. The summed E-state index contributed by atoms with van der Waals surface area (Å²) in [7, 11) is 0. The Labute approximate surface area is 126 Å². The van der Waals surface area contributed by atoms with E-state index in [4.69, 9.17) is 23.2 Å². The van der Waals surface area contributed by atoms with Gasteiger partial charge < -0.3 is 5.32 Å². The molecular weight excluding hydrogens is 297 g/mol. The van der Waals surface area contributed by atoms with Crippen LogP contribution in [0.3, 0.4) is 0 Å². The molecule has 3 nitrogen and oxygen atoms in total. The summed E-state index contributed by atoms with van der Waals surface area (Å²) < 4.78 is 0. The third-order valence-electron chi connectivity index (χ3n) is 2.70. The first-order valence-electron chi connectivity index (χ1n) is 5.85. The molecule has 5 heteroatoms. The summed E-state index contributed by atoms with van der Waals surface area (Å²) in [5, 5.41) is 3.43. The van der Waals surface area contributed by atoms with E-state index < -0.39 is 0 Å². The number of hydrogen-bond acceptors (Lipinski definition) is 2. The van der Waals surface area contributed by atoms with E-state index >= 15 is 0 Å². The van der Waals surface area contributed by atoms with Crippen molar-refractivity contribution in [3.05, 3.63) is 63.6 Å². The van der Waals surface area contributed by atoms with Crippen LogP contribution in [-0.4, -0.2) is 11.7 Å². The minimum absolute atomic E-state index is 0.0677. The van der Waals surface area contributed by atoms with Gasteiger partial charge in [0.2, 0.25) is 0 Å². The molecule has 0 aliphatic rings. The number of benzene rings is 2. The van der Waals surface area contributed by atoms with Crippen molar-refractivity contribution in [1.82, 2.24) is 0 Å². The van der Waals surface area contributed by atoms with Crippen LogP contribution in [0.25, 0.3) is 0 Å². The molecule has 0 aliphatic carbocycles. The van der Waals surface area contributed by atoms with Crippen molar-refractivity contribution in [2.75, 3.05) is 5.32 Å². The molecule has 1 N–H and O–H groups in total. The Morgan fingerprint density at radius 3 is 2.50 bits per heavy atom. The normalized spacial score (nSPS) is 10.2. The highest BCUT2D eigenvalue weighted by Gasteiger charge is 2.11. The van der Waals surface area contributed by atoms with Crippen LogP contribution in [0.1, 0.15) is 27.6 Å². The zero-order valence-corrected chi connectivity index (χ0v) is 12.1. The molecule has 102 valence electrons. The lowest BCUT2D eigenvalue weighted by Gasteiger charge is -2.08. The van der Waals surface area contributed by atoms with Gasteiger partial charge in [0.15, 0.2) is 5.78 Å². The molecule has 0 bridgehead atoms. The molecule has 0 saturated carbocycles. The van der Waals surface area contributed by atoms with Crippen LogP contribution in [0.4, 0.5) is 5.69 Å². The number of carbonyl (C=O) groups excluding carboxylic acids is 2. The summed E-state index contributed by atoms with van der Waals surface area (Å²) in [6, 6.07) is 11.4. The molecule has 2 aromatic carbocycles. The Kier molecular flexibility index (Phi) is 4.42. The monoisotopic (exact) mass is 307 g/mol. The second-order valence-corrected chi connectivity index (χ2v) is 5.06. The molecule has 0 saturated heterocycles. The average Bonchev–Trinajstić information content (AvgIpc) is 2.41. The Morgan fingerprint density at radius 1 is 1.05 bits per heavy atom. The first-order valence-corrected chi connectivity index (χ1v) is 6.60. The summed E-state index contributed by atoms with van der Waals surface area (Å²) in [5.74, 6) is -0.444. The number of anilines is 1. The standard InChI is InChI=1S/C15H11Cl2NO2/c1-9(19)10-3-2-4-12(7-10)18-15(20)13-8-11(16)5-6-14(13)17/h2-8H,1H3,(H,18,20). The van der Waals surface area contributed by atoms with Crippen molar-refractivity contribution < 1.29 is 9.59 Å². The third-order valence-corrected chi connectivity index (χ3v) is 3.26. The van der Waals surface area contributed by atoms with Gasteiger partial charge in [-0.15, -0.1) is 0 Å². The van der Waals surface area contributed by atoms with E-state index in [-0.39, 0.29) is 17.3 Å².